The molecule has 0 atom stereocenters. The minimum Gasteiger partial charge on any atom is -0.378 e. The van der Waals surface area contributed by atoms with Gasteiger partial charge in [-0.3, -0.25) is 10.1 Å². The number of aromatic nitrogens is 1. The van der Waals surface area contributed by atoms with E-state index >= 15 is 0 Å². The van der Waals surface area contributed by atoms with Crippen molar-refractivity contribution in [3.8, 4) is 0 Å². The highest BCUT2D eigenvalue weighted by atomic mass is 127. The zero-order chi connectivity index (χ0) is 12.3. The van der Waals surface area contributed by atoms with Crippen molar-refractivity contribution in [3.63, 3.8) is 0 Å². The molecule has 7 heteroatoms. The Hall–Kier alpha value is -1.64. The molecule has 0 amide bonds. The molecule has 1 N–H and O–H groups in total. The summed E-state index contributed by atoms with van der Waals surface area (Å²) in [5, 5.41) is 17.5. The lowest BCUT2D eigenvalue weighted by atomic mass is 10.3. The number of nitro benzene ring substituents is 1. The Bertz CT molecular complexity index is 528. The molecule has 1 heterocycles. The Labute approximate surface area is 110 Å². The molecule has 0 aliphatic heterocycles. The number of nitro groups is 1. The Balaban J connectivity index is 2.09. The van der Waals surface area contributed by atoms with Gasteiger partial charge in [0.05, 0.1) is 11.5 Å². The fourth-order valence-corrected chi connectivity index (χ4v) is 1.97. The van der Waals surface area contributed by atoms with Crippen LogP contribution in [-0.2, 0) is 6.54 Å². The summed E-state index contributed by atoms with van der Waals surface area (Å²) in [6, 6.07) is 6.42. The van der Waals surface area contributed by atoms with E-state index in [9.17, 15) is 10.1 Å². The van der Waals surface area contributed by atoms with Crippen molar-refractivity contribution in [2.45, 2.75) is 6.54 Å². The van der Waals surface area contributed by atoms with Crippen LogP contribution in [0.15, 0.2) is 35.1 Å². The summed E-state index contributed by atoms with van der Waals surface area (Å²) in [4.78, 5) is 10.2. The number of benzene rings is 1. The van der Waals surface area contributed by atoms with Crippen LogP contribution in [0.1, 0.15) is 5.69 Å². The summed E-state index contributed by atoms with van der Waals surface area (Å²) in [5.41, 5.74) is 1.69. The predicted octanol–water partition coefficient (Wildman–Crippen LogP) is 2.80. The zero-order valence-corrected chi connectivity index (χ0v) is 10.7. The van der Waals surface area contributed by atoms with E-state index in [0.29, 0.717) is 6.54 Å². The van der Waals surface area contributed by atoms with E-state index in [0.717, 1.165) is 15.0 Å². The summed E-state index contributed by atoms with van der Waals surface area (Å²) >= 11 is 2.05. The summed E-state index contributed by atoms with van der Waals surface area (Å²) in [7, 11) is 0. The Kier molecular flexibility index (Phi) is 3.57. The van der Waals surface area contributed by atoms with Crippen molar-refractivity contribution in [2.75, 3.05) is 5.32 Å². The number of hydrogen-bond donors (Lipinski definition) is 1. The highest BCUT2D eigenvalue weighted by Crippen LogP contribution is 2.23. The van der Waals surface area contributed by atoms with Crippen LogP contribution < -0.4 is 5.32 Å². The van der Waals surface area contributed by atoms with E-state index in [1.165, 1.54) is 18.4 Å². The topological polar surface area (TPSA) is 81.2 Å². The molecule has 17 heavy (non-hydrogen) atoms. The van der Waals surface area contributed by atoms with Gasteiger partial charge in [-0.05, 0) is 28.7 Å². The number of nitrogens with one attached hydrogen (secondary N) is 1. The largest absolute Gasteiger partial charge is 0.378 e. The average Bonchev–Trinajstić information content (AvgIpc) is 2.80. The van der Waals surface area contributed by atoms with Crippen LogP contribution in [0, 0.1) is 13.7 Å². The van der Waals surface area contributed by atoms with Gasteiger partial charge in [0, 0.05) is 27.5 Å². The molecule has 6 nitrogen and oxygen atoms in total. The molecule has 0 saturated heterocycles. The summed E-state index contributed by atoms with van der Waals surface area (Å²) < 4.78 is 5.49. The van der Waals surface area contributed by atoms with E-state index in [1.807, 2.05) is 22.6 Å². The SMILES string of the molecule is O=[N+]([O-])c1ccc(NCc2ccon2)c(I)c1. The van der Waals surface area contributed by atoms with Gasteiger partial charge in [-0.1, -0.05) is 5.16 Å². The Morgan fingerprint density at radius 1 is 1.47 bits per heavy atom. The van der Waals surface area contributed by atoms with Crippen LogP contribution in [-0.4, -0.2) is 10.1 Å². The maximum Gasteiger partial charge on any atom is 0.270 e. The molecule has 2 aromatic rings. The van der Waals surface area contributed by atoms with E-state index in [2.05, 4.69) is 10.5 Å². The predicted molar refractivity (Wildman–Crippen MR) is 69.6 cm³/mol. The molecule has 0 unspecified atom stereocenters. The number of rotatable bonds is 4. The summed E-state index contributed by atoms with van der Waals surface area (Å²) in [6.07, 6.45) is 1.50. The number of hydrogen-bond acceptors (Lipinski definition) is 5. The molecule has 1 aromatic heterocycles. The number of non-ortho nitro benzene ring substituents is 1. The van der Waals surface area contributed by atoms with Gasteiger partial charge in [-0.25, -0.2) is 0 Å². The van der Waals surface area contributed by atoms with Crippen molar-refractivity contribution in [3.05, 3.63) is 49.9 Å². The summed E-state index contributed by atoms with van der Waals surface area (Å²) in [6.45, 7) is 0.518. The van der Waals surface area contributed by atoms with Crippen molar-refractivity contribution >= 4 is 34.0 Å². The molecule has 1 aromatic carbocycles. The maximum absolute atomic E-state index is 10.6. The first-order chi connectivity index (χ1) is 8.16. The van der Waals surface area contributed by atoms with Gasteiger partial charge in [-0.15, -0.1) is 0 Å². The van der Waals surface area contributed by atoms with Crippen molar-refractivity contribution in [2.24, 2.45) is 0 Å². The first-order valence-corrected chi connectivity index (χ1v) is 5.82. The van der Waals surface area contributed by atoms with Gasteiger partial charge in [0.2, 0.25) is 0 Å². The minimum atomic E-state index is -0.413. The molecule has 0 radical (unpaired) electrons. The monoisotopic (exact) mass is 345 g/mol. The molecule has 0 spiro atoms. The standard InChI is InChI=1S/C10H8IN3O3/c11-9-5-8(14(15)16)1-2-10(9)12-6-7-3-4-17-13-7/h1-5,12H,6H2. The van der Waals surface area contributed by atoms with Gasteiger partial charge in [0.15, 0.2) is 0 Å². The van der Waals surface area contributed by atoms with Gasteiger partial charge >= 0.3 is 0 Å². The van der Waals surface area contributed by atoms with E-state index in [-0.39, 0.29) is 5.69 Å². The minimum absolute atomic E-state index is 0.0846. The van der Waals surface area contributed by atoms with Crippen molar-refractivity contribution in [1.29, 1.82) is 0 Å². The van der Waals surface area contributed by atoms with Gasteiger partial charge in [-0.2, -0.15) is 0 Å². The van der Waals surface area contributed by atoms with E-state index in [4.69, 9.17) is 4.52 Å². The molecule has 0 aliphatic carbocycles. The fraction of sp³-hybridized carbons (Fsp3) is 0.100. The van der Waals surface area contributed by atoms with Gasteiger partial charge in [0.1, 0.15) is 12.0 Å². The maximum atomic E-state index is 10.6. The first-order valence-electron chi connectivity index (χ1n) is 4.74. The Morgan fingerprint density at radius 3 is 2.88 bits per heavy atom. The molecule has 88 valence electrons. The lowest BCUT2D eigenvalue weighted by molar-refractivity contribution is -0.384. The molecule has 2 rings (SSSR count). The highest BCUT2D eigenvalue weighted by Gasteiger charge is 2.08. The fourth-order valence-electron chi connectivity index (χ4n) is 1.28. The third-order valence-electron chi connectivity index (χ3n) is 2.11. The van der Waals surface area contributed by atoms with Crippen molar-refractivity contribution in [1.82, 2.24) is 5.16 Å². The van der Waals surface area contributed by atoms with Gasteiger partial charge < -0.3 is 9.84 Å². The van der Waals surface area contributed by atoms with Crippen LogP contribution in [0.4, 0.5) is 11.4 Å². The van der Waals surface area contributed by atoms with Gasteiger partial charge in [0.25, 0.3) is 5.69 Å². The van der Waals surface area contributed by atoms with Crippen LogP contribution >= 0.6 is 22.6 Å². The first kappa shape index (κ1) is 11.8. The number of nitrogens with zero attached hydrogens (tertiary/aromatic N) is 2. The van der Waals surface area contributed by atoms with Crippen LogP contribution in [0.3, 0.4) is 0 Å². The molecular formula is C10H8IN3O3. The quantitative estimate of drug-likeness (QED) is 0.524. The molecule has 0 aliphatic rings. The van der Waals surface area contributed by atoms with Crippen LogP contribution in [0.5, 0.6) is 0 Å². The normalized spacial score (nSPS) is 10.2. The number of anilines is 1. The second-order valence-electron chi connectivity index (χ2n) is 3.27. The molecule has 0 bridgehead atoms. The van der Waals surface area contributed by atoms with Crippen LogP contribution in [0.2, 0.25) is 0 Å². The number of halogens is 1. The zero-order valence-electron chi connectivity index (χ0n) is 8.59. The smallest absolute Gasteiger partial charge is 0.270 e. The average molecular weight is 345 g/mol. The highest BCUT2D eigenvalue weighted by molar-refractivity contribution is 14.1. The second-order valence-corrected chi connectivity index (χ2v) is 4.43. The van der Waals surface area contributed by atoms with Crippen LogP contribution in [0.25, 0.3) is 0 Å². The summed E-state index contributed by atoms with van der Waals surface area (Å²) in [5.74, 6) is 0. The third-order valence-corrected chi connectivity index (χ3v) is 3.01. The molecular weight excluding hydrogens is 337 g/mol. The molecule has 0 fully saturated rings. The van der Waals surface area contributed by atoms with E-state index < -0.39 is 4.92 Å². The molecule has 0 saturated carbocycles. The second kappa shape index (κ2) is 5.13. The third kappa shape index (κ3) is 2.93. The van der Waals surface area contributed by atoms with Crippen molar-refractivity contribution < 1.29 is 9.45 Å². The van der Waals surface area contributed by atoms with E-state index in [1.54, 1.807) is 12.1 Å². The lowest BCUT2D eigenvalue weighted by Gasteiger charge is -2.06. The Morgan fingerprint density at radius 2 is 2.29 bits per heavy atom. The lowest BCUT2D eigenvalue weighted by Crippen LogP contribution is -2.01.